The molecule has 0 rings (SSSR count). The molecule has 0 aromatic heterocycles. The summed E-state index contributed by atoms with van der Waals surface area (Å²) in [6.07, 6.45) is 5.06. The van der Waals surface area contributed by atoms with Gasteiger partial charge in [-0.05, 0) is 6.42 Å². The van der Waals surface area contributed by atoms with E-state index in [0.29, 0.717) is 0 Å². The standard InChI is InChI=1S/C7H14F/c1-2-3-4-5-6-7-8/h1-7H2. The van der Waals surface area contributed by atoms with Crippen LogP contribution in [0, 0.1) is 6.92 Å². The first-order chi connectivity index (χ1) is 3.91. The number of unbranched alkanes of at least 4 members (excludes halogenated alkanes) is 4. The highest BCUT2D eigenvalue weighted by Gasteiger charge is 1.85. The molecule has 49 valence electrons. The van der Waals surface area contributed by atoms with Crippen LogP contribution in [0.15, 0.2) is 0 Å². The fourth-order valence-corrected chi connectivity index (χ4v) is 0.625. The van der Waals surface area contributed by atoms with E-state index < -0.39 is 0 Å². The molecule has 0 nitrogen and oxygen atoms in total. The quantitative estimate of drug-likeness (QED) is 0.486. The zero-order chi connectivity index (χ0) is 6.24. The summed E-state index contributed by atoms with van der Waals surface area (Å²) < 4.78 is 11.4. The second-order valence-corrected chi connectivity index (χ2v) is 1.96. The molecule has 8 heavy (non-hydrogen) atoms. The van der Waals surface area contributed by atoms with Crippen LogP contribution in [0.3, 0.4) is 0 Å². The molecular weight excluding hydrogens is 103 g/mol. The van der Waals surface area contributed by atoms with Crippen molar-refractivity contribution in [3.8, 4) is 0 Å². The maximum Gasteiger partial charge on any atom is 0.0894 e. The summed E-state index contributed by atoms with van der Waals surface area (Å²) in [6.45, 7) is 3.53. The third-order valence-electron chi connectivity index (χ3n) is 1.13. The first kappa shape index (κ1) is 7.93. The molecule has 1 radical (unpaired) electrons. The van der Waals surface area contributed by atoms with Crippen LogP contribution in [-0.4, -0.2) is 6.67 Å². The number of rotatable bonds is 5. The van der Waals surface area contributed by atoms with Crippen molar-refractivity contribution >= 4 is 0 Å². The molecule has 0 amide bonds. The van der Waals surface area contributed by atoms with Crippen LogP contribution >= 0.6 is 0 Å². The van der Waals surface area contributed by atoms with Gasteiger partial charge in [0, 0.05) is 0 Å². The third-order valence-corrected chi connectivity index (χ3v) is 1.13. The zero-order valence-electron chi connectivity index (χ0n) is 5.33. The summed E-state index contributed by atoms with van der Waals surface area (Å²) in [4.78, 5) is 0. The van der Waals surface area contributed by atoms with Crippen LogP contribution in [0.25, 0.3) is 0 Å². The van der Waals surface area contributed by atoms with E-state index in [9.17, 15) is 4.39 Å². The van der Waals surface area contributed by atoms with E-state index in [2.05, 4.69) is 6.92 Å². The van der Waals surface area contributed by atoms with Crippen molar-refractivity contribution in [2.24, 2.45) is 0 Å². The van der Waals surface area contributed by atoms with Gasteiger partial charge >= 0.3 is 0 Å². The molecule has 0 bridgehead atoms. The van der Waals surface area contributed by atoms with Crippen LogP contribution in [0.1, 0.15) is 32.1 Å². The Morgan fingerprint density at radius 3 is 2.12 bits per heavy atom. The molecule has 0 N–H and O–H groups in total. The Bertz CT molecular complexity index is 29.4. The predicted molar refractivity (Wildman–Crippen MR) is 34.4 cm³/mol. The van der Waals surface area contributed by atoms with Crippen LogP contribution in [0.2, 0.25) is 0 Å². The minimum Gasteiger partial charge on any atom is -0.251 e. The van der Waals surface area contributed by atoms with E-state index >= 15 is 0 Å². The van der Waals surface area contributed by atoms with Crippen molar-refractivity contribution in [3.05, 3.63) is 6.92 Å². The predicted octanol–water partition coefficient (Wildman–Crippen LogP) is 2.74. The van der Waals surface area contributed by atoms with E-state index in [4.69, 9.17) is 0 Å². The van der Waals surface area contributed by atoms with E-state index in [-0.39, 0.29) is 6.67 Å². The van der Waals surface area contributed by atoms with Crippen LogP contribution in [0.4, 0.5) is 4.39 Å². The number of alkyl halides is 1. The van der Waals surface area contributed by atoms with Gasteiger partial charge in [0.25, 0.3) is 0 Å². The highest BCUT2D eigenvalue weighted by molar-refractivity contribution is 4.43. The molecular formula is C7H14F. The van der Waals surface area contributed by atoms with E-state index in [0.717, 1.165) is 32.1 Å². The lowest BCUT2D eigenvalue weighted by Gasteiger charge is -1.92. The molecule has 0 aliphatic rings. The lowest BCUT2D eigenvalue weighted by atomic mass is 10.2. The molecule has 0 fully saturated rings. The summed E-state index contributed by atoms with van der Waals surface area (Å²) in [5, 5.41) is 0. The lowest BCUT2D eigenvalue weighted by molar-refractivity contribution is 0.453. The zero-order valence-corrected chi connectivity index (χ0v) is 5.33. The highest BCUT2D eigenvalue weighted by atomic mass is 19.1. The van der Waals surface area contributed by atoms with Crippen molar-refractivity contribution in [1.29, 1.82) is 0 Å². The van der Waals surface area contributed by atoms with Gasteiger partial charge in [0.1, 0.15) is 0 Å². The van der Waals surface area contributed by atoms with E-state index in [1.165, 1.54) is 0 Å². The fourth-order valence-electron chi connectivity index (χ4n) is 0.625. The first-order valence-electron chi connectivity index (χ1n) is 3.27. The maximum atomic E-state index is 11.4. The van der Waals surface area contributed by atoms with Crippen molar-refractivity contribution in [3.63, 3.8) is 0 Å². The van der Waals surface area contributed by atoms with Crippen LogP contribution in [-0.2, 0) is 0 Å². The Morgan fingerprint density at radius 1 is 1.00 bits per heavy atom. The lowest BCUT2D eigenvalue weighted by Crippen LogP contribution is -1.77. The normalized spacial score (nSPS) is 9.75. The molecule has 0 aromatic rings. The summed E-state index contributed by atoms with van der Waals surface area (Å²) in [6, 6.07) is 0. The molecule has 0 aliphatic carbocycles. The number of hydrogen-bond donors (Lipinski definition) is 0. The monoisotopic (exact) mass is 117 g/mol. The molecule has 1 heteroatoms. The van der Waals surface area contributed by atoms with Gasteiger partial charge in [-0.15, -0.1) is 0 Å². The van der Waals surface area contributed by atoms with Crippen molar-refractivity contribution < 1.29 is 4.39 Å². The maximum absolute atomic E-state index is 11.4. The highest BCUT2D eigenvalue weighted by Crippen LogP contribution is 2.01. The minimum absolute atomic E-state index is 0.156. The van der Waals surface area contributed by atoms with Gasteiger partial charge in [-0.25, -0.2) is 0 Å². The second kappa shape index (κ2) is 6.93. The third kappa shape index (κ3) is 5.93. The largest absolute Gasteiger partial charge is 0.251 e. The van der Waals surface area contributed by atoms with Gasteiger partial charge in [0.05, 0.1) is 6.67 Å². The van der Waals surface area contributed by atoms with Gasteiger partial charge in [0.2, 0.25) is 0 Å². The Hall–Kier alpha value is -0.0700. The van der Waals surface area contributed by atoms with Gasteiger partial charge in [-0.3, -0.25) is 4.39 Å². The molecule has 0 unspecified atom stereocenters. The topological polar surface area (TPSA) is 0 Å². The van der Waals surface area contributed by atoms with Crippen molar-refractivity contribution in [2.45, 2.75) is 32.1 Å². The molecule has 0 spiro atoms. The first-order valence-corrected chi connectivity index (χ1v) is 3.27. The van der Waals surface area contributed by atoms with Crippen molar-refractivity contribution in [1.82, 2.24) is 0 Å². The van der Waals surface area contributed by atoms with Crippen molar-refractivity contribution in [2.75, 3.05) is 6.67 Å². The average Bonchev–Trinajstić information content (AvgIpc) is 1.81. The molecule has 0 aliphatic heterocycles. The van der Waals surface area contributed by atoms with Gasteiger partial charge in [-0.1, -0.05) is 32.6 Å². The molecule has 0 atom stereocenters. The van der Waals surface area contributed by atoms with E-state index in [1.54, 1.807) is 0 Å². The Balaban J connectivity index is 2.53. The summed E-state index contributed by atoms with van der Waals surface area (Å²) in [5.74, 6) is 0. The van der Waals surface area contributed by atoms with Gasteiger partial charge in [-0.2, -0.15) is 0 Å². The number of halogens is 1. The smallest absolute Gasteiger partial charge is 0.0894 e. The fraction of sp³-hybridized carbons (Fsp3) is 0.857. The van der Waals surface area contributed by atoms with Crippen LogP contribution < -0.4 is 0 Å². The average molecular weight is 117 g/mol. The molecule has 0 heterocycles. The number of hydrogen-bond acceptors (Lipinski definition) is 0. The molecule has 0 saturated carbocycles. The molecule has 0 aromatic carbocycles. The summed E-state index contributed by atoms with van der Waals surface area (Å²) in [5.41, 5.74) is 0. The van der Waals surface area contributed by atoms with E-state index in [1.807, 2.05) is 0 Å². The summed E-state index contributed by atoms with van der Waals surface area (Å²) in [7, 11) is 0. The van der Waals surface area contributed by atoms with Gasteiger partial charge < -0.3 is 0 Å². The minimum atomic E-state index is -0.156. The Labute approximate surface area is 51.1 Å². The SMILES string of the molecule is [CH2]CCCCCCF. The van der Waals surface area contributed by atoms with Crippen LogP contribution in [0.5, 0.6) is 0 Å². The van der Waals surface area contributed by atoms with Gasteiger partial charge in [0.15, 0.2) is 0 Å². The Morgan fingerprint density at radius 2 is 1.62 bits per heavy atom. The summed E-state index contributed by atoms with van der Waals surface area (Å²) >= 11 is 0. The second-order valence-electron chi connectivity index (χ2n) is 1.96. The Kier molecular flexibility index (Phi) is 6.87. The molecule has 0 saturated heterocycles.